The highest BCUT2D eigenvalue weighted by Crippen LogP contribution is 2.32. The number of ether oxygens (including phenoxy) is 2. The second-order valence-electron chi connectivity index (χ2n) is 6.78. The molecule has 0 unspecified atom stereocenters. The Balaban J connectivity index is 1.42. The number of hydrogen-bond acceptors (Lipinski definition) is 7. The average Bonchev–Trinajstić information content (AvgIpc) is 3.27. The van der Waals surface area contributed by atoms with Crippen LogP contribution in [0.25, 0.3) is 17.1 Å². The molecule has 0 bridgehead atoms. The maximum atomic E-state index is 12.8. The van der Waals surface area contributed by atoms with Crippen molar-refractivity contribution in [1.82, 2.24) is 19.7 Å². The van der Waals surface area contributed by atoms with Crippen LogP contribution in [0.1, 0.15) is 10.4 Å². The van der Waals surface area contributed by atoms with E-state index in [2.05, 4.69) is 15.2 Å². The fourth-order valence-electron chi connectivity index (χ4n) is 3.29. The van der Waals surface area contributed by atoms with Gasteiger partial charge in [0.1, 0.15) is 13.2 Å². The van der Waals surface area contributed by atoms with E-state index in [4.69, 9.17) is 9.47 Å². The minimum Gasteiger partial charge on any atom is -0.486 e. The van der Waals surface area contributed by atoms with Gasteiger partial charge in [0, 0.05) is 29.2 Å². The largest absolute Gasteiger partial charge is 0.486 e. The summed E-state index contributed by atoms with van der Waals surface area (Å²) in [5.74, 6) is 2.18. The van der Waals surface area contributed by atoms with E-state index in [1.807, 2.05) is 47.0 Å². The van der Waals surface area contributed by atoms with Gasteiger partial charge in [-0.2, -0.15) is 0 Å². The normalized spacial score (nSPS) is 12.5. The summed E-state index contributed by atoms with van der Waals surface area (Å²) in [5, 5.41) is 9.39. The van der Waals surface area contributed by atoms with Crippen molar-refractivity contribution >= 4 is 17.5 Å². The summed E-state index contributed by atoms with van der Waals surface area (Å²) in [6, 6.07) is 18.9. The van der Waals surface area contributed by atoms with Crippen molar-refractivity contribution in [3.05, 3.63) is 78.6 Å². The predicted octanol–water partition coefficient (Wildman–Crippen LogP) is 4.08. The van der Waals surface area contributed by atoms with Crippen LogP contribution in [0.4, 0.5) is 0 Å². The molecule has 0 saturated carbocycles. The Bertz CT molecular complexity index is 1210. The van der Waals surface area contributed by atoms with E-state index >= 15 is 0 Å². The Morgan fingerprint density at radius 3 is 2.52 bits per heavy atom. The van der Waals surface area contributed by atoms with Gasteiger partial charge in [-0.05, 0) is 42.5 Å². The van der Waals surface area contributed by atoms with Crippen molar-refractivity contribution in [2.24, 2.45) is 0 Å². The molecule has 1 aliphatic rings. The van der Waals surface area contributed by atoms with E-state index in [0.717, 1.165) is 11.3 Å². The first-order valence-corrected chi connectivity index (χ1v) is 10.7. The van der Waals surface area contributed by atoms with Crippen molar-refractivity contribution in [3.8, 4) is 28.6 Å². The molecule has 0 amide bonds. The molecule has 4 aromatic rings. The van der Waals surface area contributed by atoms with Crippen LogP contribution < -0.4 is 9.47 Å². The number of rotatable bonds is 6. The summed E-state index contributed by atoms with van der Waals surface area (Å²) in [4.78, 5) is 16.9. The third-order valence-electron chi connectivity index (χ3n) is 4.78. The molecule has 7 nitrogen and oxygen atoms in total. The van der Waals surface area contributed by atoms with Gasteiger partial charge < -0.3 is 9.47 Å². The zero-order valence-corrected chi connectivity index (χ0v) is 17.3. The van der Waals surface area contributed by atoms with Crippen LogP contribution in [-0.4, -0.2) is 44.5 Å². The number of nitrogens with zero attached hydrogens (tertiary/aromatic N) is 4. The molecule has 31 heavy (non-hydrogen) atoms. The maximum absolute atomic E-state index is 12.8. The summed E-state index contributed by atoms with van der Waals surface area (Å²) in [6.07, 6.45) is 3.44. The molecule has 5 rings (SSSR count). The molecule has 0 aliphatic carbocycles. The highest BCUT2D eigenvalue weighted by molar-refractivity contribution is 7.99. The van der Waals surface area contributed by atoms with E-state index in [0.29, 0.717) is 41.3 Å². The highest BCUT2D eigenvalue weighted by atomic mass is 32.2. The van der Waals surface area contributed by atoms with Crippen LogP contribution in [0.5, 0.6) is 11.5 Å². The first-order chi connectivity index (χ1) is 15.3. The van der Waals surface area contributed by atoms with Crippen LogP contribution in [0.15, 0.2) is 78.2 Å². The molecule has 2 aromatic carbocycles. The fraction of sp³-hybridized carbons (Fsp3) is 0.130. The van der Waals surface area contributed by atoms with Crippen LogP contribution in [0.3, 0.4) is 0 Å². The van der Waals surface area contributed by atoms with Crippen molar-refractivity contribution < 1.29 is 14.3 Å². The van der Waals surface area contributed by atoms with Crippen molar-refractivity contribution in [1.29, 1.82) is 0 Å². The summed E-state index contributed by atoms with van der Waals surface area (Å²) >= 11 is 1.35. The molecule has 0 N–H and O–H groups in total. The van der Waals surface area contributed by atoms with Gasteiger partial charge in [0.05, 0.1) is 5.75 Å². The number of carbonyl (C=O) groups is 1. The van der Waals surface area contributed by atoms with E-state index < -0.39 is 0 Å². The third kappa shape index (κ3) is 4.02. The predicted molar refractivity (Wildman–Crippen MR) is 117 cm³/mol. The Morgan fingerprint density at radius 1 is 0.935 bits per heavy atom. The second-order valence-corrected chi connectivity index (χ2v) is 7.73. The molecule has 0 atom stereocenters. The summed E-state index contributed by atoms with van der Waals surface area (Å²) in [7, 11) is 0. The van der Waals surface area contributed by atoms with E-state index in [1.54, 1.807) is 30.6 Å². The number of carbonyl (C=O) groups excluding carboxylic acids is 1. The van der Waals surface area contributed by atoms with Gasteiger partial charge in [-0.1, -0.05) is 30.0 Å². The number of hydrogen-bond donors (Lipinski definition) is 0. The standard InChI is InChI=1S/C23H18N4O3S/c28-19(17-6-7-20-21(14-17)30-13-12-29-20)15-31-23-26-25-22(16-8-10-24-11-9-16)27(23)18-4-2-1-3-5-18/h1-11,14H,12-13,15H2. The van der Waals surface area contributed by atoms with Crippen LogP contribution >= 0.6 is 11.8 Å². The molecule has 0 spiro atoms. The smallest absolute Gasteiger partial charge is 0.196 e. The Kier molecular flexibility index (Phi) is 5.37. The van der Waals surface area contributed by atoms with Crippen LogP contribution in [0.2, 0.25) is 0 Å². The van der Waals surface area contributed by atoms with Gasteiger partial charge in [-0.3, -0.25) is 14.3 Å². The number of fused-ring (bicyclic) bond motifs is 1. The molecular formula is C23H18N4O3S. The van der Waals surface area contributed by atoms with Crippen LogP contribution in [-0.2, 0) is 0 Å². The maximum Gasteiger partial charge on any atom is 0.196 e. The van der Waals surface area contributed by atoms with Gasteiger partial charge in [-0.25, -0.2) is 0 Å². The second kappa shape index (κ2) is 8.61. The number of pyridine rings is 1. The monoisotopic (exact) mass is 430 g/mol. The summed E-state index contributed by atoms with van der Waals surface area (Å²) in [6.45, 7) is 1.00. The lowest BCUT2D eigenvalue weighted by atomic mass is 10.1. The fourth-order valence-corrected chi connectivity index (χ4v) is 4.14. The van der Waals surface area contributed by atoms with Crippen LogP contribution in [0, 0.1) is 0 Å². The number of para-hydroxylation sites is 1. The van der Waals surface area contributed by atoms with Crippen molar-refractivity contribution in [3.63, 3.8) is 0 Å². The van der Waals surface area contributed by atoms with Gasteiger partial charge in [-0.15, -0.1) is 10.2 Å². The lowest BCUT2D eigenvalue weighted by molar-refractivity contribution is 0.102. The molecule has 8 heteroatoms. The van der Waals surface area contributed by atoms with E-state index in [1.165, 1.54) is 11.8 Å². The summed E-state index contributed by atoms with van der Waals surface area (Å²) < 4.78 is 13.1. The minimum absolute atomic E-state index is 0.0185. The Labute approximate surface area is 183 Å². The summed E-state index contributed by atoms with van der Waals surface area (Å²) in [5.41, 5.74) is 2.40. The van der Waals surface area contributed by atoms with Crippen molar-refractivity contribution in [2.45, 2.75) is 5.16 Å². The Hall–Kier alpha value is -3.65. The Morgan fingerprint density at radius 2 is 1.71 bits per heavy atom. The number of benzene rings is 2. The molecule has 3 heterocycles. The third-order valence-corrected chi connectivity index (χ3v) is 5.71. The first-order valence-electron chi connectivity index (χ1n) is 9.76. The molecule has 0 fully saturated rings. The number of thioether (sulfide) groups is 1. The molecular weight excluding hydrogens is 412 g/mol. The molecule has 1 aliphatic heterocycles. The topological polar surface area (TPSA) is 79.1 Å². The molecule has 0 saturated heterocycles. The van der Waals surface area contributed by atoms with Gasteiger partial charge in [0.25, 0.3) is 0 Å². The SMILES string of the molecule is O=C(CSc1nnc(-c2ccncc2)n1-c1ccccc1)c1ccc2c(c1)OCCO2. The van der Waals surface area contributed by atoms with Gasteiger partial charge >= 0.3 is 0 Å². The average molecular weight is 430 g/mol. The van der Waals surface area contributed by atoms with E-state index in [-0.39, 0.29) is 11.5 Å². The minimum atomic E-state index is -0.0185. The van der Waals surface area contributed by atoms with Gasteiger partial charge in [0.2, 0.25) is 0 Å². The molecule has 2 aromatic heterocycles. The first kappa shape index (κ1) is 19.3. The highest BCUT2D eigenvalue weighted by Gasteiger charge is 2.19. The van der Waals surface area contributed by atoms with Gasteiger partial charge in [0.15, 0.2) is 28.3 Å². The quantitative estimate of drug-likeness (QED) is 0.337. The number of Topliss-reactive ketones (excluding diaryl/α,β-unsaturated/α-hetero) is 1. The van der Waals surface area contributed by atoms with E-state index in [9.17, 15) is 4.79 Å². The molecule has 154 valence electrons. The number of ketones is 1. The zero-order valence-electron chi connectivity index (χ0n) is 16.5. The molecule has 0 radical (unpaired) electrons. The number of aromatic nitrogens is 4. The zero-order chi connectivity index (χ0) is 21.0. The lowest BCUT2D eigenvalue weighted by Gasteiger charge is -2.18. The van der Waals surface area contributed by atoms with Crippen molar-refractivity contribution in [2.75, 3.05) is 19.0 Å². The lowest BCUT2D eigenvalue weighted by Crippen LogP contribution is -2.16.